The summed E-state index contributed by atoms with van der Waals surface area (Å²) in [7, 11) is 0. The lowest BCUT2D eigenvalue weighted by Gasteiger charge is -2.45. The third-order valence-electron chi connectivity index (χ3n) is 7.36. The highest BCUT2D eigenvalue weighted by molar-refractivity contribution is 5.65. The van der Waals surface area contributed by atoms with Crippen LogP contribution in [0.3, 0.4) is 0 Å². The van der Waals surface area contributed by atoms with Crippen molar-refractivity contribution in [1.29, 1.82) is 5.26 Å². The van der Waals surface area contributed by atoms with Crippen molar-refractivity contribution in [3.63, 3.8) is 0 Å². The number of hydrogen-bond acceptors (Lipinski definition) is 3. The first-order chi connectivity index (χ1) is 14.7. The molecule has 1 aliphatic heterocycles. The second-order valence-electron chi connectivity index (χ2n) is 9.10. The summed E-state index contributed by atoms with van der Waals surface area (Å²) in [6.07, 6.45) is 14.4. The molecule has 3 fully saturated rings. The zero-order valence-electron chi connectivity index (χ0n) is 17.3. The van der Waals surface area contributed by atoms with Gasteiger partial charge in [0.05, 0.1) is 23.1 Å². The van der Waals surface area contributed by atoms with Gasteiger partial charge in [-0.2, -0.15) is 5.26 Å². The van der Waals surface area contributed by atoms with Gasteiger partial charge in [-0.05, 0) is 66.9 Å². The predicted molar refractivity (Wildman–Crippen MR) is 119 cm³/mol. The molecule has 2 aromatic rings. The Kier molecular flexibility index (Phi) is 5.17. The van der Waals surface area contributed by atoms with Crippen molar-refractivity contribution in [2.24, 2.45) is 23.7 Å². The van der Waals surface area contributed by atoms with E-state index in [1.54, 1.807) is 0 Å². The summed E-state index contributed by atoms with van der Waals surface area (Å²) < 4.78 is 6.11. The van der Waals surface area contributed by atoms with Gasteiger partial charge in [0.1, 0.15) is 6.10 Å². The molecule has 0 bridgehead atoms. The van der Waals surface area contributed by atoms with Crippen LogP contribution >= 0.6 is 0 Å². The Balaban J connectivity index is 1.33. The van der Waals surface area contributed by atoms with Crippen LogP contribution in [0.4, 0.5) is 0 Å². The molecule has 0 amide bonds. The van der Waals surface area contributed by atoms with E-state index in [1.807, 2.05) is 30.5 Å². The fraction of sp³-hybridized carbons (Fsp3) is 0.407. The second-order valence-corrected chi connectivity index (χ2v) is 9.10. The van der Waals surface area contributed by atoms with Gasteiger partial charge >= 0.3 is 0 Å². The largest absolute Gasteiger partial charge is 0.495 e. The number of fused-ring (bicyclic) bond motifs is 3. The summed E-state index contributed by atoms with van der Waals surface area (Å²) in [5, 5.41) is 9.11. The van der Waals surface area contributed by atoms with Crippen LogP contribution < -0.4 is 0 Å². The number of aromatic nitrogens is 1. The summed E-state index contributed by atoms with van der Waals surface area (Å²) in [5.74, 6) is 3.81. The Morgan fingerprint density at radius 1 is 1.07 bits per heavy atom. The normalized spacial score (nSPS) is 30.4. The SMILES string of the molecule is C=C1C[C@H]2[C@@H]3CCCC[C@H]3[C@H](/C=C/c3ccc(-c4cccc(C#N)c4)cn3)C[C@H]2O1. The molecule has 5 rings (SSSR count). The lowest BCUT2D eigenvalue weighted by molar-refractivity contribution is -0.00667. The van der Waals surface area contributed by atoms with E-state index in [-0.39, 0.29) is 0 Å². The Morgan fingerprint density at radius 2 is 1.93 bits per heavy atom. The molecule has 1 aromatic carbocycles. The van der Waals surface area contributed by atoms with E-state index in [1.165, 1.54) is 25.7 Å². The summed E-state index contributed by atoms with van der Waals surface area (Å²) in [6, 6.07) is 14.0. The molecule has 0 spiro atoms. The van der Waals surface area contributed by atoms with Crippen LogP contribution in [0.25, 0.3) is 17.2 Å². The first kappa shape index (κ1) is 19.1. The molecule has 0 radical (unpaired) electrons. The maximum Gasteiger partial charge on any atom is 0.102 e. The van der Waals surface area contributed by atoms with Gasteiger partial charge in [-0.15, -0.1) is 0 Å². The van der Waals surface area contributed by atoms with Gasteiger partial charge < -0.3 is 4.74 Å². The van der Waals surface area contributed by atoms with Crippen molar-refractivity contribution in [3.05, 3.63) is 72.3 Å². The molecule has 2 saturated carbocycles. The van der Waals surface area contributed by atoms with Crippen molar-refractivity contribution < 1.29 is 4.74 Å². The number of nitrogens with zero attached hydrogens (tertiary/aromatic N) is 2. The zero-order chi connectivity index (χ0) is 20.5. The van der Waals surface area contributed by atoms with Crippen LogP contribution in [0, 0.1) is 35.0 Å². The van der Waals surface area contributed by atoms with Gasteiger partial charge in [0.15, 0.2) is 0 Å². The third-order valence-corrected chi connectivity index (χ3v) is 7.36. The molecular formula is C27H28N2O. The van der Waals surface area contributed by atoms with Crippen molar-refractivity contribution in [1.82, 2.24) is 4.98 Å². The number of ether oxygens (including phenoxy) is 1. The summed E-state index contributed by atoms with van der Waals surface area (Å²) in [6.45, 7) is 4.11. The minimum Gasteiger partial charge on any atom is -0.495 e. The highest BCUT2D eigenvalue weighted by Crippen LogP contribution is 2.52. The van der Waals surface area contributed by atoms with Crippen LogP contribution in [-0.4, -0.2) is 11.1 Å². The van der Waals surface area contributed by atoms with Gasteiger partial charge in [-0.25, -0.2) is 0 Å². The minimum absolute atomic E-state index is 0.356. The van der Waals surface area contributed by atoms with E-state index >= 15 is 0 Å². The van der Waals surface area contributed by atoms with E-state index in [2.05, 4.69) is 41.9 Å². The molecule has 3 heteroatoms. The average molecular weight is 397 g/mol. The zero-order valence-corrected chi connectivity index (χ0v) is 17.3. The molecule has 2 aliphatic carbocycles. The Morgan fingerprint density at radius 3 is 2.73 bits per heavy atom. The van der Waals surface area contributed by atoms with Gasteiger partial charge in [0.25, 0.3) is 0 Å². The average Bonchev–Trinajstić information content (AvgIpc) is 3.18. The fourth-order valence-electron chi connectivity index (χ4n) is 5.97. The Hall–Kier alpha value is -2.86. The van der Waals surface area contributed by atoms with E-state index in [0.29, 0.717) is 23.5 Å². The summed E-state index contributed by atoms with van der Waals surface area (Å²) in [5.41, 5.74) is 3.72. The maximum atomic E-state index is 9.11. The quantitative estimate of drug-likeness (QED) is 0.605. The van der Waals surface area contributed by atoms with E-state index < -0.39 is 0 Å². The Bertz CT molecular complexity index is 1000. The standard InChI is InChI=1S/C27H28N2O/c1-18-13-26-25-8-3-2-7-24(25)21(15-27(26)30-18)9-11-23-12-10-22(17-29-23)20-6-4-5-19(14-20)16-28/h4-6,9-12,14,17,21,24-27H,1-3,7-8,13,15H2/b11-9+/t21-,24+,25-,26+,27-/m1/s1. The van der Waals surface area contributed by atoms with Crippen LogP contribution in [0.2, 0.25) is 0 Å². The molecule has 1 aromatic heterocycles. The van der Waals surface area contributed by atoms with E-state index in [9.17, 15) is 0 Å². The highest BCUT2D eigenvalue weighted by Gasteiger charge is 2.48. The number of nitriles is 1. The van der Waals surface area contributed by atoms with E-state index in [0.717, 1.165) is 47.3 Å². The number of rotatable bonds is 3. The first-order valence-corrected chi connectivity index (χ1v) is 11.2. The number of allylic oxidation sites excluding steroid dienone is 2. The monoisotopic (exact) mass is 396 g/mol. The van der Waals surface area contributed by atoms with Gasteiger partial charge in [-0.3, -0.25) is 4.98 Å². The van der Waals surface area contributed by atoms with Crippen LogP contribution in [0.15, 0.2) is 61.0 Å². The van der Waals surface area contributed by atoms with Crippen molar-refractivity contribution in [2.75, 3.05) is 0 Å². The second kappa shape index (κ2) is 8.11. The molecule has 3 aliphatic rings. The van der Waals surface area contributed by atoms with Crippen molar-refractivity contribution in [2.45, 2.75) is 44.6 Å². The Labute approximate surface area is 179 Å². The number of pyridine rings is 1. The lowest BCUT2D eigenvalue weighted by Crippen LogP contribution is -2.42. The summed E-state index contributed by atoms with van der Waals surface area (Å²) in [4.78, 5) is 4.66. The lowest BCUT2D eigenvalue weighted by atomic mass is 9.60. The first-order valence-electron chi connectivity index (χ1n) is 11.2. The van der Waals surface area contributed by atoms with Crippen molar-refractivity contribution >= 4 is 6.08 Å². The number of benzene rings is 1. The highest BCUT2D eigenvalue weighted by atomic mass is 16.5. The van der Waals surface area contributed by atoms with Crippen LogP contribution in [-0.2, 0) is 4.74 Å². The molecule has 2 heterocycles. The van der Waals surface area contributed by atoms with E-state index in [4.69, 9.17) is 10.00 Å². The molecule has 1 saturated heterocycles. The number of hydrogen-bond donors (Lipinski definition) is 0. The van der Waals surface area contributed by atoms with Crippen LogP contribution in [0.1, 0.15) is 49.8 Å². The molecule has 152 valence electrons. The molecule has 0 N–H and O–H groups in total. The fourth-order valence-corrected chi connectivity index (χ4v) is 5.97. The molecular weight excluding hydrogens is 368 g/mol. The minimum atomic E-state index is 0.356. The van der Waals surface area contributed by atoms with Gasteiger partial charge in [0.2, 0.25) is 0 Å². The van der Waals surface area contributed by atoms with Gasteiger partial charge in [0, 0.05) is 24.1 Å². The smallest absolute Gasteiger partial charge is 0.102 e. The van der Waals surface area contributed by atoms with Crippen LogP contribution in [0.5, 0.6) is 0 Å². The van der Waals surface area contributed by atoms with Gasteiger partial charge in [-0.1, -0.05) is 43.7 Å². The maximum absolute atomic E-state index is 9.11. The predicted octanol–water partition coefficient (Wildman–Crippen LogP) is 6.38. The van der Waals surface area contributed by atoms with Crippen molar-refractivity contribution in [3.8, 4) is 17.2 Å². The summed E-state index contributed by atoms with van der Waals surface area (Å²) >= 11 is 0. The topological polar surface area (TPSA) is 45.9 Å². The molecule has 5 atom stereocenters. The molecule has 3 nitrogen and oxygen atoms in total. The molecule has 30 heavy (non-hydrogen) atoms. The molecule has 0 unspecified atom stereocenters. The third kappa shape index (κ3) is 3.67.